The van der Waals surface area contributed by atoms with E-state index in [9.17, 15) is 0 Å². The van der Waals surface area contributed by atoms with E-state index in [1.807, 2.05) is 18.7 Å². The van der Waals surface area contributed by atoms with Crippen molar-refractivity contribution in [2.45, 2.75) is 75.8 Å². The summed E-state index contributed by atoms with van der Waals surface area (Å²) in [6.45, 7) is 6.30. The van der Waals surface area contributed by atoms with Crippen LogP contribution in [0.5, 0.6) is 0 Å². The lowest BCUT2D eigenvalue weighted by Gasteiger charge is -2.20. The van der Waals surface area contributed by atoms with Gasteiger partial charge < -0.3 is 10.3 Å². The maximum Gasteiger partial charge on any atom is 0.231 e. The number of hydrogen-bond donors (Lipinski definition) is 1. The normalized spacial score (nSPS) is 20.2. The fourth-order valence-corrected chi connectivity index (χ4v) is 4.17. The lowest BCUT2D eigenvalue weighted by Crippen LogP contribution is -2.28. The molecule has 0 aliphatic heterocycles. The quantitative estimate of drug-likeness (QED) is 0.867. The molecule has 1 saturated carbocycles. The first-order valence-corrected chi connectivity index (χ1v) is 8.82. The summed E-state index contributed by atoms with van der Waals surface area (Å²) >= 11 is 1.98. The van der Waals surface area contributed by atoms with Gasteiger partial charge in [-0.15, -0.1) is 0 Å². The SMILES string of the molecule is CC(C)C(c1nc(CSC2CCCCC2)no1)C(C)N. The minimum atomic E-state index is 0.0364. The van der Waals surface area contributed by atoms with Gasteiger partial charge in [0.15, 0.2) is 5.82 Å². The van der Waals surface area contributed by atoms with Gasteiger partial charge >= 0.3 is 0 Å². The Kier molecular flexibility index (Phi) is 5.90. The van der Waals surface area contributed by atoms with Crippen molar-refractivity contribution in [3.63, 3.8) is 0 Å². The zero-order valence-corrected chi connectivity index (χ0v) is 13.7. The molecule has 20 heavy (non-hydrogen) atoms. The van der Waals surface area contributed by atoms with Crippen molar-refractivity contribution in [1.29, 1.82) is 0 Å². The Balaban J connectivity index is 1.90. The topological polar surface area (TPSA) is 64.9 Å². The fraction of sp³-hybridized carbons (Fsp3) is 0.867. The van der Waals surface area contributed by atoms with Crippen molar-refractivity contribution in [2.75, 3.05) is 0 Å². The molecule has 0 radical (unpaired) electrons. The van der Waals surface area contributed by atoms with Gasteiger partial charge in [0.2, 0.25) is 5.89 Å². The van der Waals surface area contributed by atoms with E-state index in [4.69, 9.17) is 10.3 Å². The van der Waals surface area contributed by atoms with Crippen LogP contribution in [0, 0.1) is 5.92 Å². The highest BCUT2D eigenvalue weighted by atomic mass is 32.2. The van der Waals surface area contributed by atoms with E-state index in [1.54, 1.807) is 0 Å². The Labute approximate surface area is 126 Å². The van der Waals surface area contributed by atoms with Crippen LogP contribution in [0.3, 0.4) is 0 Å². The molecule has 0 aromatic carbocycles. The number of aromatic nitrogens is 2. The van der Waals surface area contributed by atoms with E-state index in [0.29, 0.717) is 11.8 Å². The maximum atomic E-state index is 6.04. The Morgan fingerprint density at radius 3 is 2.55 bits per heavy atom. The predicted molar refractivity (Wildman–Crippen MR) is 83.7 cm³/mol. The van der Waals surface area contributed by atoms with Gasteiger partial charge in [0, 0.05) is 11.3 Å². The third-order valence-electron chi connectivity index (χ3n) is 4.05. The largest absolute Gasteiger partial charge is 0.339 e. The molecular weight excluding hydrogens is 270 g/mol. The molecule has 1 heterocycles. The van der Waals surface area contributed by atoms with Gasteiger partial charge in [0.1, 0.15) is 0 Å². The van der Waals surface area contributed by atoms with Gasteiger partial charge in [-0.25, -0.2) is 0 Å². The van der Waals surface area contributed by atoms with Crippen LogP contribution in [0.2, 0.25) is 0 Å². The molecule has 1 aromatic rings. The zero-order valence-electron chi connectivity index (χ0n) is 12.8. The first-order valence-electron chi connectivity index (χ1n) is 7.77. The van der Waals surface area contributed by atoms with Crippen LogP contribution in [0.15, 0.2) is 4.52 Å². The summed E-state index contributed by atoms with van der Waals surface area (Å²) in [6, 6.07) is 0.0364. The molecule has 2 rings (SSSR count). The van der Waals surface area contributed by atoms with Crippen LogP contribution in [-0.4, -0.2) is 21.4 Å². The summed E-state index contributed by atoms with van der Waals surface area (Å²) in [4.78, 5) is 4.56. The lowest BCUT2D eigenvalue weighted by molar-refractivity contribution is 0.299. The van der Waals surface area contributed by atoms with E-state index in [2.05, 4.69) is 24.0 Å². The minimum absolute atomic E-state index is 0.0364. The zero-order chi connectivity index (χ0) is 14.5. The molecule has 2 unspecified atom stereocenters. The summed E-state index contributed by atoms with van der Waals surface area (Å²) in [6.07, 6.45) is 6.81. The average Bonchev–Trinajstić information content (AvgIpc) is 2.85. The van der Waals surface area contributed by atoms with E-state index in [1.165, 1.54) is 32.1 Å². The van der Waals surface area contributed by atoms with E-state index in [0.717, 1.165) is 16.8 Å². The van der Waals surface area contributed by atoms with E-state index < -0.39 is 0 Å². The van der Waals surface area contributed by atoms with Gasteiger partial charge in [-0.3, -0.25) is 0 Å². The third-order valence-corrected chi connectivity index (χ3v) is 5.42. The number of nitrogens with two attached hydrogens (primary N) is 1. The fourth-order valence-electron chi connectivity index (χ4n) is 3.00. The first kappa shape index (κ1) is 15.8. The summed E-state index contributed by atoms with van der Waals surface area (Å²) in [5.41, 5.74) is 6.04. The standard InChI is InChI=1S/C15H27N3OS/c1-10(2)14(11(3)16)15-17-13(18-19-15)9-20-12-7-5-4-6-8-12/h10-12,14H,4-9,16H2,1-3H3. The Hall–Kier alpha value is -0.550. The van der Waals surface area contributed by atoms with Crippen molar-refractivity contribution in [3.8, 4) is 0 Å². The molecule has 1 aliphatic rings. The number of hydrogen-bond acceptors (Lipinski definition) is 5. The number of thioether (sulfide) groups is 1. The molecule has 0 bridgehead atoms. The van der Waals surface area contributed by atoms with Gasteiger partial charge in [-0.2, -0.15) is 16.7 Å². The second-order valence-electron chi connectivity index (χ2n) is 6.25. The summed E-state index contributed by atoms with van der Waals surface area (Å²) in [7, 11) is 0. The van der Waals surface area contributed by atoms with Gasteiger partial charge in [0.05, 0.1) is 11.7 Å². The van der Waals surface area contributed by atoms with Crippen molar-refractivity contribution < 1.29 is 4.52 Å². The van der Waals surface area contributed by atoms with Crippen LogP contribution in [0.25, 0.3) is 0 Å². The van der Waals surface area contributed by atoms with Crippen LogP contribution in [0.4, 0.5) is 0 Å². The molecule has 1 aliphatic carbocycles. The maximum absolute atomic E-state index is 6.04. The van der Waals surface area contributed by atoms with Crippen LogP contribution < -0.4 is 5.73 Å². The third kappa shape index (κ3) is 4.22. The lowest BCUT2D eigenvalue weighted by atomic mass is 9.90. The summed E-state index contributed by atoms with van der Waals surface area (Å²) in [5.74, 6) is 2.94. The van der Waals surface area contributed by atoms with Crippen molar-refractivity contribution >= 4 is 11.8 Å². The van der Waals surface area contributed by atoms with Crippen molar-refractivity contribution in [2.24, 2.45) is 11.7 Å². The van der Waals surface area contributed by atoms with Crippen LogP contribution in [-0.2, 0) is 5.75 Å². The van der Waals surface area contributed by atoms with Crippen LogP contribution in [0.1, 0.15) is 70.5 Å². The molecule has 2 N–H and O–H groups in total. The molecule has 1 fully saturated rings. The Morgan fingerprint density at radius 1 is 1.25 bits per heavy atom. The van der Waals surface area contributed by atoms with E-state index >= 15 is 0 Å². The summed E-state index contributed by atoms with van der Waals surface area (Å²) in [5, 5.41) is 4.90. The number of rotatable bonds is 6. The Bertz CT molecular complexity index is 392. The second kappa shape index (κ2) is 7.46. The second-order valence-corrected chi connectivity index (χ2v) is 7.54. The minimum Gasteiger partial charge on any atom is -0.339 e. The predicted octanol–water partition coefficient (Wildman–Crippen LogP) is 3.72. The number of nitrogens with zero attached hydrogens (tertiary/aromatic N) is 2. The molecule has 5 heteroatoms. The van der Waals surface area contributed by atoms with Gasteiger partial charge in [-0.1, -0.05) is 38.3 Å². The average molecular weight is 297 g/mol. The van der Waals surface area contributed by atoms with Gasteiger partial charge in [-0.05, 0) is 25.7 Å². The molecule has 0 amide bonds. The van der Waals surface area contributed by atoms with Crippen molar-refractivity contribution in [1.82, 2.24) is 10.1 Å². The van der Waals surface area contributed by atoms with Crippen LogP contribution >= 0.6 is 11.8 Å². The summed E-state index contributed by atoms with van der Waals surface area (Å²) < 4.78 is 5.43. The Morgan fingerprint density at radius 2 is 1.95 bits per heavy atom. The first-order chi connectivity index (χ1) is 9.58. The monoisotopic (exact) mass is 297 g/mol. The highest BCUT2D eigenvalue weighted by Crippen LogP contribution is 2.31. The smallest absolute Gasteiger partial charge is 0.231 e. The van der Waals surface area contributed by atoms with Crippen molar-refractivity contribution in [3.05, 3.63) is 11.7 Å². The highest BCUT2D eigenvalue weighted by molar-refractivity contribution is 7.99. The van der Waals surface area contributed by atoms with Gasteiger partial charge in [0.25, 0.3) is 0 Å². The molecule has 4 nitrogen and oxygen atoms in total. The van der Waals surface area contributed by atoms with E-state index in [-0.39, 0.29) is 12.0 Å². The highest BCUT2D eigenvalue weighted by Gasteiger charge is 2.26. The molecule has 1 aromatic heterocycles. The molecule has 114 valence electrons. The molecule has 0 saturated heterocycles. The molecule has 2 atom stereocenters. The molecular formula is C15H27N3OS. The molecule has 0 spiro atoms.